The first-order valence-electron chi connectivity index (χ1n) is 25.0. The van der Waals surface area contributed by atoms with Crippen LogP contribution in [0.15, 0.2) is 48.7 Å². The fourth-order valence-electron chi connectivity index (χ4n) is 11.6. The fourth-order valence-corrected chi connectivity index (χ4v) is 11.6. The number of benzene rings is 3. The molecule has 1 saturated carbocycles. The number of aromatic hydroxyl groups is 1. The molecule has 5 aromatic rings. The molecule has 1 aliphatic carbocycles. The van der Waals surface area contributed by atoms with E-state index in [0.29, 0.717) is 78.5 Å². The molecule has 17 heteroatoms. The zero-order valence-corrected chi connectivity index (χ0v) is 39.8. The molecule has 5 aliphatic heterocycles. The summed E-state index contributed by atoms with van der Waals surface area (Å²) in [6.45, 7) is 9.59. The van der Waals surface area contributed by atoms with Crippen LogP contribution < -0.4 is 19.9 Å². The van der Waals surface area contributed by atoms with Crippen molar-refractivity contribution in [2.24, 2.45) is 5.41 Å². The summed E-state index contributed by atoms with van der Waals surface area (Å²) in [6.07, 6.45) is 9.80. The van der Waals surface area contributed by atoms with Crippen LogP contribution >= 0.6 is 0 Å². The summed E-state index contributed by atoms with van der Waals surface area (Å²) >= 11 is 0. The van der Waals surface area contributed by atoms with Gasteiger partial charge in [-0.1, -0.05) is 13.0 Å². The van der Waals surface area contributed by atoms with Gasteiger partial charge in [-0.25, -0.2) is 8.78 Å². The minimum absolute atomic E-state index is 0.000219. The average Bonchev–Trinajstić information content (AvgIpc) is 4.04. The largest absolute Gasteiger partial charge is 0.508 e. The number of nitrogens with zero attached hydrogens (tertiary/aromatic N) is 7. The Labute approximate surface area is 405 Å². The van der Waals surface area contributed by atoms with Crippen molar-refractivity contribution in [1.82, 2.24) is 30.1 Å². The van der Waals surface area contributed by atoms with Crippen LogP contribution in [0.2, 0.25) is 0 Å². The maximum Gasteiger partial charge on any atom is 0.319 e. The predicted molar refractivity (Wildman–Crippen MR) is 259 cm³/mol. The Kier molecular flexibility index (Phi) is 12.1. The molecule has 70 heavy (non-hydrogen) atoms. The highest BCUT2D eigenvalue weighted by molar-refractivity contribution is 6.06. The summed E-state index contributed by atoms with van der Waals surface area (Å²) in [6, 6.07) is 11.2. The third kappa shape index (κ3) is 9.00. The van der Waals surface area contributed by atoms with Crippen molar-refractivity contribution in [1.29, 1.82) is 0 Å². The molecule has 2 aromatic heterocycles. The second-order valence-electron chi connectivity index (χ2n) is 20.8. The molecule has 15 nitrogen and oxygen atoms in total. The van der Waals surface area contributed by atoms with Gasteiger partial charge in [0.1, 0.15) is 34.6 Å². The molecule has 0 radical (unpaired) electrons. The lowest BCUT2D eigenvalue weighted by Crippen LogP contribution is -2.52. The number of aromatic nitrogens is 3. The van der Waals surface area contributed by atoms with Crippen molar-refractivity contribution in [3.63, 3.8) is 0 Å². The molecule has 1 unspecified atom stereocenters. The van der Waals surface area contributed by atoms with Crippen LogP contribution in [0.5, 0.6) is 11.8 Å². The van der Waals surface area contributed by atoms with Gasteiger partial charge in [0.25, 0.3) is 5.91 Å². The van der Waals surface area contributed by atoms with Gasteiger partial charge in [-0.2, -0.15) is 9.97 Å². The molecule has 11 rings (SSSR count). The van der Waals surface area contributed by atoms with E-state index in [0.717, 1.165) is 82.5 Å². The first kappa shape index (κ1) is 46.3. The molecule has 3 aromatic carbocycles. The quantitative estimate of drug-likeness (QED) is 0.111. The summed E-state index contributed by atoms with van der Waals surface area (Å²) in [5, 5.41) is 25.6. The predicted octanol–water partition coefficient (Wildman–Crippen LogP) is 6.81. The number of phenolic OH excluding ortho intramolecular Hbond substituents is 1. The maximum atomic E-state index is 17.1. The number of hydrogen-bond donors (Lipinski definition) is 3. The third-order valence-electron chi connectivity index (χ3n) is 15.6. The van der Waals surface area contributed by atoms with Gasteiger partial charge < -0.3 is 39.3 Å². The number of rotatable bonds is 12. The molecule has 368 valence electrons. The van der Waals surface area contributed by atoms with Crippen LogP contribution in [0.1, 0.15) is 99.5 Å². The van der Waals surface area contributed by atoms with Gasteiger partial charge in [0.2, 0.25) is 11.8 Å². The number of imide groups is 1. The molecule has 6 aliphatic rings. The number of pyridine rings is 1. The van der Waals surface area contributed by atoms with Crippen LogP contribution in [0, 0.1) is 17.0 Å². The average molecular weight is 959 g/mol. The van der Waals surface area contributed by atoms with E-state index in [-0.39, 0.29) is 70.9 Å². The number of aliphatic hydroxyl groups is 1. The Morgan fingerprint density at radius 1 is 0.886 bits per heavy atom. The highest BCUT2D eigenvalue weighted by Gasteiger charge is 2.46. The number of nitrogens with one attached hydrogen (secondary N) is 1. The number of β-amino-alcohol motifs (C(OH)–C–C–N with tert-alkyl or cyclic N) is 1. The molecule has 7 heterocycles. The van der Waals surface area contributed by atoms with Crippen molar-refractivity contribution in [2.75, 3.05) is 62.2 Å². The summed E-state index contributed by atoms with van der Waals surface area (Å²) < 4.78 is 45.4. The number of carbonyl (C=O) groups is 3. The lowest BCUT2D eigenvalue weighted by atomic mass is 9.94. The monoisotopic (exact) mass is 958 g/mol. The van der Waals surface area contributed by atoms with Crippen LogP contribution in [0.4, 0.5) is 20.3 Å². The lowest BCUT2D eigenvalue weighted by molar-refractivity contribution is -0.136. The fraction of sp³-hybridized carbons (Fsp3) is 0.509. The minimum Gasteiger partial charge on any atom is -0.508 e. The SMILES string of the molecule is CCc1c(F)ccc2cc(O)cc(-c3ncc4c(N5CCC[C@@](C)(O)C5)nc(OCC5(CN6CCC(OC7CCN(c8ccc9c(c8)CN(C8CCC(=O)NC8=O)C9=O)CC7)CC6)CC5)nc4c3F)c12. The second-order valence-corrected chi connectivity index (χ2v) is 20.8. The smallest absolute Gasteiger partial charge is 0.319 e. The molecule has 2 atom stereocenters. The molecule has 3 N–H and O–H groups in total. The number of aryl methyl sites for hydroxylation is 1. The summed E-state index contributed by atoms with van der Waals surface area (Å²) in [5.74, 6) is -1.68. The molecule has 0 bridgehead atoms. The van der Waals surface area contributed by atoms with Gasteiger partial charge in [-0.05, 0) is 129 Å². The Morgan fingerprint density at radius 2 is 1.66 bits per heavy atom. The van der Waals surface area contributed by atoms with Crippen molar-refractivity contribution >= 4 is 50.9 Å². The topological polar surface area (TPSA) is 174 Å². The number of phenols is 1. The minimum atomic E-state index is -0.973. The zero-order valence-electron chi connectivity index (χ0n) is 39.8. The molecule has 0 spiro atoms. The highest BCUT2D eigenvalue weighted by atomic mass is 19.1. The molecule has 3 amide bonds. The number of carbonyl (C=O) groups excluding carboxylic acids is 3. The van der Waals surface area contributed by atoms with E-state index in [1.54, 1.807) is 17.9 Å². The van der Waals surface area contributed by atoms with Gasteiger partial charge in [-0.3, -0.25) is 24.7 Å². The van der Waals surface area contributed by atoms with E-state index < -0.39 is 29.2 Å². The third-order valence-corrected chi connectivity index (χ3v) is 15.6. The van der Waals surface area contributed by atoms with Gasteiger partial charge in [0.15, 0.2) is 5.82 Å². The maximum absolute atomic E-state index is 17.1. The van der Waals surface area contributed by atoms with E-state index in [4.69, 9.17) is 14.5 Å². The summed E-state index contributed by atoms with van der Waals surface area (Å²) in [4.78, 5) is 59.9. The zero-order chi connectivity index (χ0) is 48.5. The number of anilines is 2. The first-order valence-corrected chi connectivity index (χ1v) is 25.0. The number of halogens is 2. The number of piperidine rings is 4. The number of fused-ring (bicyclic) bond motifs is 3. The van der Waals surface area contributed by atoms with Crippen molar-refractivity contribution in [3.8, 4) is 23.0 Å². The molecule has 4 saturated heterocycles. The van der Waals surface area contributed by atoms with Crippen LogP contribution in [0.25, 0.3) is 32.9 Å². The van der Waals surface area contributed by atoms with E-state index in [2.05, 4.69) is 31.2 Å². The van der Waals surface area contributed by atoms with E-state index in [1.807, 2.05) is 24.0 Å². The van der Waals surface area contributed by atoms with Crippen molar-refractivity contribution in [2.45, 2.75) is 115 Å². The Balaban J connectivity index is 0.723. The van der Waals surface area contributed by atoms with Gasteiger partial charge in [0, 0.05) is 87.2 Å². The number of likely N-dealkylation sites (tertiary alicyclic amines) is 1. The van der Waals surface area contributed by atoms with Crippen molar-refractivity contribution in [3.05, 3.63) is 77.0 Å². The number of amides is 3. The Morgan fingerprint density at radius 3 is 2.39 bits per heavy atom. The Bertz CT molecular complexity index is 2900. The van der Waals surface area contributed by atoms with Gasteiger partial charge in [-0.15, -0.1) is 0 Å². The number of ether oxygens (including phenoxy) is 2. The van der Waals surface area contributed by atoms with Gasteiger partial charge >= 0.3 is 6.01 Å². The first-order chi connectivity index (χ1) is 33.7. The molecule has 5 fully saturated rings. The van der Waals surface area contributed by atoms with E-state index >= 15 is 8.78 Å². The van der Waals surface area contributed by atoms with Gasteiger partial charge in [0.05, 0.1) is 29.8 Å². The van der Waals surface area contributed by atoms with Crippen LogP contribution in [-0.2, 0) is 27.3 Å². The normalized spacial score (nSPS) is 23.4. The van der Waals surface area contributed by atoms with Crippen molar-refractivity contribution < 1.29 is 42.9 Å². The van der Waals surface area contributed by atoms with Crippen LogP contribution in [0.3, 0.4) is 0 Å². The second kappa shape index (κ2) is 18.3. The Hall–Kier alpha value is -6.04. The molecular weight excluding hydrogens is 899 g/mol. The highest BCUT2D eigenvalue weighted by Crippen LogP contribution is 2.47. The number of hydrogen-bond acceptors (Lipinski definition) is 13. The standard InChI is InChI=1S/C53H60F2N8O7/c1-3-37-41(54)8-5-31-24-34(64)25-39(44(31)37)46-45(55)47-40(26-56-46)48(62-18-4-15-52(2,68)28-62)59-51(58-47)69-30-53(16-17-53)29-60-19-11-35(12-20-60)70-36-13-21-61(22-14-36)33-6-7-38-32(23-33)27-63(50(38)67)42-9-10-43(65)57-49(42)66/h5-8,23-26,35-36,42,64,68H,3-4,9-22,27-30H2,1-2H3,(H,57,65,66)/t42?,52-/m1/s1. The lowest BCUT2D eigenvalue weighted by Gasteiger charge is -2.38. The summed E-state index contributed by atoms with van der Waals surface area (Å²) in [7, 11) is 0. The van der Waals surface area contributed by atoms with Crippen LogP contribution in [-0.4, -0.2) is 129 Å². The summed E-state index contributed by atoms with van der Waals surface area (Å²) in [5.41, 5.74) is 2.12. The van der Waals surface area contributed by atoms with E-state index in [9.17, 15) is 24.6 Å². The molecular formula is C53H60F2N8O7. The van der Waals surface area contributed by atoms with E-state index in [1.165, 1.54) is 24.4 Å².